The van der Waals surface area contributed by atoms with E-state index in [-0.39, 0.29) is 46.2 Å². The lowest BCUT2D eigenvalue weighted by Crippen LogP contribution is -2.43. The van der Waals surface area contributed by atoms with Crippen molar-refractivity contribution in [2.24, 2.45) is 18.9 Å². The number of hydrogen-bond donors (Lipinski definition) is 1. The highest BCUT2D eigenvalue weighted by atomic mass is 19.1. The molecular weight excluding hydrogens is 859 g/mol. The van der Waals surface area contributed by atoms with Crippen LogP contribution >= 0.6 is 0 Å². The first-order valence-corrected chi connectivity index (χ1v) is 23.1. The van der Waals surface area contributed by atoms with Crippen LogP contribution in [0, 0.1) is 37.3 Å². The lowest BCUT2D eigenvalue weighted by Gasteiger charge is -2.37. The lowest BCUT2D eigenvalue weighted by atomic mass is 9.83. The van der Waals surface area contributed by atoms with Crippen LogP contribution in [-0.2, 0) is 23.7 Å². The van der Waals surface area contributed by atoms with E-state index in [1.165, 1.54) is 27.1 Å². The second-order valence-corrected chi connectivity index (χ2v) is 19.9. The summed E-state index contributed by atoms with van der Waals surface area (Å²) in [6.07, 6.45) is 8.99. The van der Waals surface area contributed by atoms with Gasteiger partial charge in [0, 0.05) is 55.5 Å². The molecule has 4 aliphatic rings. The molecule has 2 saturated carbocycles. The summed E-state index contributed by atoms with van der Waals surface area (Å²) in [5, 5.41) is 14.8. The van der Waals surface area contributed by atoms with Crippen LogP contribution in [0.1, 0.15) is 109 Å². The molecule has 15 nitrogen and oxygen atoms in total. The second kappa shape index (κ2) is 14.6. The number of nitrogens with one attached hydrogen (secondary N) is 1. The van der Waals surface area contributed by atoms with Crippen molar-refractivity contribution in [2.45, 2.75) is 96.2 Å². The molecule has 8 aromatic rings. The number of aryl methyl sites for hydroxylation is 3. The number of carbonyl (C=O) groups excluding carboxylic acids is 1. The number of nitrogens with zero attached hydrogens (tertiary/aromatic N) is 9. The molecular formula is C50H50F2N10O5. The number of fused-ring (bicyclic) bond motifs is 3. The highest BCUT2D eigenvalue weighted by Crippen LogP contribution is 2.57. The standard InChI is InChI=1S/C50H50F2N10O5/c1-26-19-33(20-27(2)41(26)51)62-44(60-17-16-58(48(60)65)38-12-11-37-34(42(38)52)25-53-57(37)6)40-35(55-62)13-15-59(43(40)29-7-8-29)45(63)39-22-32-21-30(31-14-18-66-49(4,5)24-31)9-10-36(32)61(39)50(23-28(50)3)46-54-47(64)67-56-46/h9-12,16-17,19-22,25,28-29,31,43H,7-8,13-15,18,23-24H2,1-6H3,(H,54,56,64). The van der Waals surface area contributed by atoms with Crippen molar-refractivity contribution < 1.29 is 22.8 Å². The summed E-state index contributed by atoms with van der Waals surface area (Å²) in [6.45, 7) is 10.7. The van der Waals surface area contributed by atoms with Crippen molar-refractivity contribution in [2.75, 3.05) is 13.2 Å². The van der Waals surface area contributed by atoms with Gasteiger partial charge < -0.3 is 14.2 Å². The molecule has 7 heterocycles. The molecule has 67 heavy (non-hydrogen) atoms. The molecule has 4 atom stereocenters. The Bertz CT molecular complexity index is 3470. The van der Waals surface area contributed by atoms with E-state index < -0.39 is 28.8 Å². The SMILES string of the molecule is Cc1cc(-n2nc3c(c2-n2ccn(-c4ccc5c(cnn5C)c4F)c2=O)C(C2CC2)N(C(=O)c2cc4cc(C5CCOC(C)(C)C5)ccc4n2C2(c4noc(=O)[nH]4)CC2C)CC3)cc(C)c1F. The van der Waals surface area contributed by atoms with Gasteiger partial charge in [-0.25, -0.2) is 23.1 Å². The maximum absolute atomic E-state index is 16.2. The van der Waals surface area contributed by atoms with Crippen LogP contribution < -0.4 is 11.4 Å². The molecule has 2 aliphatic carbocycles. The van der Waals surface area contributed by atoms with Gasteiger partial charge in [0.1, 0.15) is 22.9 Å². The van der Waals surface area contributed by atoms with E-state index in [2.05, 4.69) is 58.8 Å². The van der Waals surface area contributed by atoms with Gasteiger partial charge in [-0.2, -0.15) is 10.2 Å². The zero-order valence-corrected chi connectivity index (χ0v) is 38.1. The number of H-pyrrole nitrogens is 1. The van der Waals surface area contributed by atoms with E-state index in [9.17, 15) is 9.59 Å². The number of halogens is 2. The van der Waals surface area contributed by atoms with Crippen LogP contribution in [-0.4, -0.2) is 73.0 Å². The molecule has 1 amide bonds. The van der Waals surface area contributed by atoms with Crippen LogP contribution in [0.4, 0.5) is 8.78 Å². The van der Waals surface area contributed by atoms with E-state index in [1.807, 2.05) is 11.0 Å². The monoisotopic (exact) mass is 908 g/mol. The average molecular weight is 909 g/mol. The van der Waals surface area contributed by atoms with Crippen molar-refractivity contribution in [3.05, 3.63) is 139 Å². The minimum Gasteiger partial charge on any atom is -0.376 e. The third-order valence-corrected chi connectivity index (χ3v) is 15.0. The van der Waals surface area contributed by atoms with Gasteiger partial charge in [-0.1, -0.05) is 18.1 Å². The second-order valence-electron chi connectivity index (χ2n) is 19.9. The smallest absolute Gasteiger partial charge is 0.376 e. The van der Waals surface area contributed by atoms with Crippen molar-refractivity contribution >= 4 is 27.7 Å². The summed E-state index contributed by atoms with van der Waals surface area (Å²) in [7, 11) is 1.73. The summed E-state index contributed by atoms with van der Waals surface area (Å²) < 4.78 is 50.7. The van der Waals surface area contributed by atoms with E-state index in [4.69, 9.17) is 14.4 Å². The Labute approximate surface area is 382 Å². The normalized spacial score (nSPS) is 22.5. The lowest BCUT2D eigenvalue weighted by molar-refractivity contribution is -0.0592. The Balaban J connectivity index is 1.03. The number of amides is 1. The Morgan fingerprint density at radius 3 is 2.37 bits per heavy atom. The van der Waals surface area contributed by atoms with Crippen LogP contribution in [0.2, 0.25) is 0 Å². The fraction of sp³-hybridized carbons (Fsp3) is 0.400. The fourth-order valence-corrected chi connectivity index (χ4v) is 11.5. The Morgan fingerprint density at radius 2 is 1.67 bits per heavy atom. The third-order valence-electron chi connectivity index (χ3n) is 15.0. The van der Waals surface area contributed by atoms with Gasteiger partial charge >= 0.3 is 11.4 Å². The molecule has 0 bridgehead atoms. The van der Waals surface area contributed by atoms with Crippen LogP contribution in [0.5, 0.6) is 0 Å². The number of ether oxygens (including phenoxy) is 1. The van der Waals surface area contributed by atoms with Gasteiger partial charge in [0.2, 0.25) is 0 Å². The van der Waals surface area contributed by atoms with E-state index >= 15 is 13.6 Å². The summed E-state index contributed by atoms with van der Waals surface area (Å²) >= 11 is 0. The van der Waals surface area contributed by atoms with Gasteiger partial charge in [0.25, 0.3) is 5.91 Å². The van der Waals surface area contributed by atoms with Gasteiger partial charge in [-0.15, -0.1) is 0 Å². The van der Waals surface area contributed by atoms with Gasteiger partial charge in [0.15, 0.2) is 11.6 Å². The number of aromatic nitrogens is 9. The van der Waals surface area contributed by atoms with Crippen LogP contribution in [0.15, 0.2) is 81.2 Å². The van der Waals surface area contributed by atoms with Crippen molar-refractivity contribution in [1.82, 2.24) is 48.3 Å². The molecule has 1 saturated heterocycles. The molecule has 12 rings (SSSR count). The summed E-state index contributed by atoms with van der Waals surface area (Å²) in [5.74, 6) is -0.715. The van der Waals surface area contributed by atoms with Crippen LogP contribution in [0.25, 0.3) is 39.0 Å². The number of imidazole rings is 1. The Morgan fingerprint density at radius 1 is 0.925 bits per heavy atom. The molecule has 4 unspecified atom stereocenters. The number of rotatable bonds is 8. The summed E-state index contributed by atoms with van der Waals surface area (Å²) in [5.41, 5.74) is 4.25. The molecule has 0 spiro atoms. The van der Waals surface area contributed by atoms with Crippen molar-refractivity contribution in [3.8, 4) is 17.2 Å². The number of carbonyl (C=O) groups is 1. The molecule has 1 N–H and O–H groups in total. The maximum Gasteiger partial charge on any atom is 0.438 e. The minimum atomic E-state index is -0.851. The molecule has 5 aromatic heterocycles. The molecule has 344 valence electrons. The average Bonchev–Trinajstić information content (AvgIpc) is 3.87. The third kappa shape index (κ3) is 6.29. The zero-order chi connectivity index (χ0) is 46.4. The number of benzene rings is 3. The fourth-order valence-electron chi connectivity index (χ4n) is 11.5. The zero-order valence-electron chi connectivity index (χ0n) is 38.1. The summed E-state index contributed by atoms with van der Waals surface area (Å²) in [6, 6.07) is 14.6. The number of aromatic amines is 1. The topological polar surface area (TPSA) is 156 Å². The first-order chi connectivity index (χ1) is 32.1. The Hall–Kier alpha value is -6.88. The van der Waals surface area contributed by atoms with Crippen molar-refractivity contribution in [1.29, 1.82) is 0 Å². The van der Waals surface area contributed by atoms with E-state index in [1.54, 1.807) is 60.7 Å². The molecule has 3 fully saturated rings. The highest BCUT2D eigenvalue weighted by molar-refractivity contribution is 6.00. The first kappa shape index (κ1) is 41.5. The molecule has 17 heteroatoms. The maximum atomic E-state index is 16.2. The van der Waals surface area contributed by atoms with E-state index in [0.29, 0.717) is 71.2 Å². The molecule has 0 radical (unpaired) electrons. The Kier molecular flexibility index (Phi) is 9.03. The van der Waals surface area contributed by atoms with Gasteiger partial charge in [0.05, 0.1) is 45.8 Å². The predicted molar refractivity (Wildman–Crippen MR) is 244 cm³/mol. The van der Waals surface area contributed by atoms with Crippen molar-refractivity contribution in [3.63, 3.8) is 0 Å². The van der Waals surface area contributed by atoms with Crippen LogP contribution in [0.3, 0.4) is 0 Å². The van der Waals surface area contributed by atoms with E-state index in [0.717, 1.165) is 42.3 Å². The highest BCUT2D eigenvalue weighted by Gasteiger charge is 2.59. The van der Waals surface area contributed by atoms with Gasteiger partial charge in [-0.3, -0.25) is 28.1 Å². The largest absolute Gasteiger partial charge is 0.438 e. The van der Waals surface area contributed by atoms with Gasteiger partial charge in [-0.05, 0) is 137 Å². The number of hydrogen-bond acceptors (Lipinski definition) is 8. The molecule has 2 aliphatic heterocycles. The molecule has 3 aromatic carbocycles. The quantitative estimate of drug-likeness (QED) is 0.162. The predicted octanol–water partition coefficient (Wildman–Crippen LogP) is 7.83. The minimum absolute atomic E-state index is 0.00521. The summed E-state index contributed by atoms with van der Waals surface area (Å²) in [4.78, 5) is 48.0. The first-order valence-electron chi connectivity index (χ1n) is 23.1.